The van der Waals surface area contributed by atoms with E-state index in [-0.39, 0.29) is 27.8 Å². The second kappa shape index (κ2) is 6.93. The fourth-order valence-corrected chi connectivity index (χ4v) is 4.66. The number of hydrogen-bond donors (Lipinski definition) is 1. The van der Waals surface area contributed by atoms with Crippen LogP contribution >= 0.6 is 0 Å². The van der Waals surface area contributed by atoms with E-state index in [1.165, 1.54) is 23.8 Å². The van der Waals surface area contributed by atoms with Crippen LogP contribution in [0.2, 0.25) is 0 Å². The van der Waals surface area contributed by atoms with E-state index in [2.05, 4.69) is 32.9 Å². The first-order chi connectivity index (χ1) is 9.95. The summed E-state index contributed by atoms with van der Waals surface area (Å²) in [5.74, 6) is -0.361. The van der Waals surface area contributed by atoms with Crippen LogP contribution < -0.4 is 25.9 Å². The predicted octanol–water partition coefficient (Wildman–Crippen LogP) is 0.204. The molecule has 2 aromatic carbocycles. The number of ether oxygens (including phenoxy) is 1. The van der Waals surface area contributed by atoms with Crippen molar-refractivity contribution >= 4 is 5.97 Å². The molecule has 0 aliphatic heterocycles. The summed E-state index contributed by atoms with van der Waals surface area (Å²) in [4.78, 5) is 10.5. The average Bonchev–Trinajstić information content (AvgIpc) is 2.41. The zero-order valence-electron chi connectivity index (χ0n) is 12.3. The van der Waals surface area contributed by atoms with Gasteiger partial charge in [0.05, 0.1) is 0 Å². The predicted molar refractivity (Wildman–Crippen MR) is 77.6 cm³/mol. The molecule has 0 saturated heterocycles. The standard InChI is InChI=1S/C17H18IO3/c1-11-8-12(2)17(13(3)9-11)18-14-4-6-15(7-5-14)21-10-16(19)20/h4-9H,10H2,1-3H3,(H,19,20)/q-1. The van der Waals surface area contributed by atoms with Gasteiger partial charge in [-0.3, -0.25) is 0 Å². The molecule has 0 atom stereocenters. The van der Waals surface area contributed by atoms with Crippen LogP contribution in [0.3, 0.4) is 0 Å². The number of carbonyl (C=O) groups is 1. The first-order valence-corrected chi connectivity index (χ1v) is 8.79. The number of aliphatic carboxylic acids is 1. The Morgan fingerprint density at radius 2 is 1.67 bits per heavy atom. The van der Waals surface area contributed by atoms with E-state index < -0.39 is 5.97 Å². The molecule has 2 aromatic rings. The van der Waals surface area contributed by atoms with E-state index in [1.54, 1.807) is 0 Å². The van der Waals surface area contributed by atoms with Crippen LogP contribution in [0, 0.1) is 27.9 Å². The fraction of sp³-hybridized carbons (Fsp3) is 0.235. The summed E-state index contributed by atoms with van der Waals surface area (Å²) in [6.07, 6.45) is 0. The van der Waals surface area contributed by atoms with Gasteiger partial charge in [-0.2, -0.15) is 0 Å². The van der Waals surface area contributed by atoms with Gasteiger partial charge in [-0.05, 0) is 0 Å². The Bertz CT molecular complexity index is 625. The number of rotatable bonds is 5. The first kappa shape index (κ1) is 15.8. The van der Waals surface area contributed by atoms with Crippen LogP contribution in [0.5, 0.6) is 5.75 Å². The molecule has 0 aliphatic carbocycles. The van der Waals surface area contributed by atoms with E-state index in [1.807, 2.05) is 24.3 Å². The maximum absolute atomic E-state index is 10.5. The Morgan fingerprint density at radius 1 is 1.10 bits per heavy atom. The summed E-state index contributed by atoms with van der Waals surface area (Å²) in [6.45, 7) is 6.15. The number of benzene rings is 2. The minimum atomic E-state index is -0.961. The molecule has 0 unspecified atom stereocenters. The molecule has 0 bridgehead atoms. The van der Waals surface area contributed by atoms with Gasteiger partial charge in [-0.1, -0.05) is 0 Å². The van der Waals surface area contributed by atoms with Gasteiger partial charge in [0, 0.05) is 0 Å². The summed E-state index contributed by atoms with van der Waals surface area (Å²) in [5, 5.41) is 8.59. The summed E-state index contributed by atoms with van der Waals surface area (Å²) in [6, 6.07) is 12.2. The summed E-state index contributed by atoms with van der Waals surface area (Å²) in [5.41, 5.74) is 4.01. The van der Waals surface area contributed by atoms with Gasteiger partial charge < -0.3 is 0 Å². The monoisotopic (exact) mass is 397 g/mol. The van der Waals surface area contributed by atoms with Crippen molar-refractivity contribution in [2.75, 3.05) is 6.61 Å². The van der Waals surface area contributed by atoms with Crippen LogP contribution in [-0.2, 0) is 4.79 Å². The van der Waals surface area contributed by atoms with Crippen LogP contribution in [0.15, 0.2) is 36.4 Å². The van der Waals surface area contributed by atoms with Gasteiger partial charge in [0.25, 0.3) is 0 Å². The van der Waals surface area contributed by atoms with Crippen LogP contribution in [0.25, 0.3) is 0 Å². The van der Waals surface area contributed by atoms with E-state index in [4.69, 9.17) is 9.84 Å². The zero-order valence-corrected chi connectivity index (χ0v) is 14.5. The quantitative estimate of drug-likeness (QED) is 0.734. The van der Waals surface area contributed by atoms with Crippen molar-refractivity contribution in [3.05, 3.63) is 60.2 Å². The normalized spacial score (nSPS) is 10.6. The van der Waals surface area contributed by atoms with Gasteiger partial charge in [0.1, 0.15) is 0 Å². The SMILES string of the molecule is Cc1cc(C)c([I-]c2ccc(OCC(=O)O)cc2)c(C)c1. The Hall–Kier alpha value is -1.56. The van der Waals surface area contributed by atoms with Crippen LogP contribution in [0.1, 0.15) is 16.7 Å². The van der Waals surface area contributed by atoms with Crippen molar-refractivity contribution in [3.63, 3.8) is 0 Å². The van der Waals surface area contributed by atoms with Crippen molar-refractivity contribution in [2.24, 2.45) is 0 Å². The molecule has 0 saturated carbocycles. The Balaban J connectivity index is 2.12. The van der Waals surface area contributed by atoms with E-state index in [9.17, 15) is 4.79 Å². The molecular weight excluding hydrogens is 379 g/mol. The number of carboxylic acids is 1. The molecule has 0 aliphatic rings. The van der Waals surface area contributed by atoms with E-state index in [0.29, 0.717) is 5.75 Å². The third kappa shape index (κ3) is 4.46. The Morgan fingerprint density at radius 3 is 2.19 bits per heavy atom. The molecule has 2 rings (SSSR count). The molecule has 21 heavy (non-hydrogen) atoms. The molecule has 0 radical (unpaired) electrons. The van der Waals surface area contributed by atoms with E-state index in [0.717, 1.165) is 0 Å². The molecule has 0 heterocycles. The number of hydrogen-bond acceptors (Lipinski definition) is 2. The maximum atomic E-state index is 10.5. The van der Waals surface area contributed by atoms with Crippen molar-refractivity contribution < 1.29 is 35.8 Å². The van der Waals surface area contributed by atoms with Gasteiger partial charge in [-0.25, -0.2) is 0 Å². The van der Waals surface area contributed by atoms with Crippen molar-refractivity contribution in [1.29, 1.82) is 0 Å². The fourth-order valence-electron chi connectivity index (χ4n) is 2.16. The van der Waals surface area contributed by atoms with Gasteiger partial charge in [0.15, 0.2) is 0 Å². The average molecular weight is 397 g/mol. The number of carboxylic acid groups (broad SMARTS) is 1. The molecule has 4 heteroatoms. The van der Waals surface area contributed by atoms with Gasteiger partial charge >= 0.3 is 135 Å². The molecular formula is C17H18IO3-. The van der Waals surface area contributed by atoms with Gasteiger partial charge in [-0.15, -0.1) is 0 Å². The molecule has 112 valence electrons. The summed E-state index contributed by atoms with van der Waals surface area (Å²) < 4.78 is 7.90. The third-order valence-corrected chi connectivity index (χ3v) is 6.54. The second-order valence-electron chi connectivity index (χ2n) is 4.94. The van der Waals surface area contributed by atoms with Gasteiger partial charge in [0.2, 0.25) is 0 Å². The van der Waals surface area contributed by atoms with Crippen molar-refractivity contribution in [2.45, 2.75) is 20.8 Å². The molecule has 3 nitrogen and oxygen atoms in total. The Labute approximate surface area is 135 Å². The van der Waals surface area contributed by atoms with Crippen LogP contribution in [0.4, 0.5) is 0 Å². The topological polar surface area (TPSA) is 46.5 Å². The summed E-state index contributed by atoms with van der Waals surface area (Å²) >= 11 is -0.235. The molecule has 0 aromatic heterocycles. The van der Waals surface area contributed by atoms with E-state index >= 15 is 0 Å². The molecule has 1 N–H and O–H groups in total. The zero-order chi connectivity index (χ0) is 15.4. The second-order valence-corrected chi connectivity index (χ2v) is 7.81. The molecule has 0 spiro atoms. The number of aryl methyl sites for hydroxylation is 3. The van der Waals surface area contributed by atoms with Crippen molar-refractivity contribution in [3.8, 4) is 5.75 Å². The summed E-state index contributed by atoms with van der Waals surface area (Å²) in [7, 11) is 0. The first-order valence-electron chi connectivity index (χ1n) is 6.63. The number of halogens is 1. The molecule has 0 amide bonds. The van der Waals surface area contributed by atoms with Crippen molar-refractivity contribution in [1.82, 2.24) is 0 Å². The molecule has 0 fully saturated rings. The third-order valence-electron chi connectivity index (χ3n) is 2.96. The van der Waals surface area contributed by atoms with Crippen LogP contribution in [-0.4, -0.2) is 17.7 Å². The Kier molecular flexibility index (Phi) is 5.22. The minimum absolute atomic E-state index is 0.235.